The third-order valence-electron chi connectivity index (χ3n) is 2.87. The van der Waals surface area contributed by atoms with Crippen LogP contribution in [-0.4, -0.2) is 13.5 Å². The van der Waals surface area contributed by atoms with Crippen LogP contribution in [0.15, 0.2) is 11.0 Å². The van der Waals surface area contributed by atoms with Crippen LogP contribution in [0.4, 0.5) is 0 Å². The standard InChI is InChI=1S/C11H17N3O2S2/c1-6-5-7(2)9(4)10(8(6)3)18(15,16)14-13-11(12)17/h5,14H,1-4H3,(H3,12,13,17). The Kier molecular flexibility index (Phi) is 4.31. The van der Waals surface area contributed by atoms with Crippen LogP contribution in [0, 0.1) is 27.7 Å². The highest BCUT2D eigenvalue weighted by Crippen LogP contribution is 2.25. The molecule has 18 heavy (non-hydrogen) atoms. The van der Waals surface area contributed by atoms with Crippen molar-refractivity contribution in [3.63, 3.8) is 0 Å². The summed E-state index contributed by atoms with van der Waals surface area (Å²) >= 11 is 4.57. The van der Waals surface area contributed by atoms with Crippen LogP contribution < -0.4 is 16.0 Å². The number of hydrazine groups is 1. The summed E-state index contributed by atoms with van der Waals surface area (Å²) in [5.41, 5.74) is 10.7. The molecule has 0 fully saturated rings. The van der Waals surface area contributed by atoms with Gasteiger partial charge in [-0.05, 0) is 62.2 Å². The van der Waals surface area contributed by atoms with E-state index in [1.807, 2.05) is 19.9 Å². The van der Waals surface area contributed by atoms with Crippen molar-refractivity contribution in [2.24, 2.45) is 5.73 Å². The lowest BCUT2D eigenvalue weighted by Crippen LogP contribution is -2.44. The number of thiocarbonyl (C=S) groups is 1. The third kappa shape index (κ3) is 2.98. The zero-order valence-electron chi connectivity index (χ0n) is 10.8. The predicted octanol–water partition coefficient (Wildman–Crippen LogP) is 0.947. The van der Waals surface area contributed by atoms with Gasteiger partial charge in [-0.2, -0.15) is 0 Å². The first-order chi connectivity index (χ1) is 8.16. The molecule has 0 saturated carbocycles. The maximum atomic E-state index is 12.2. The molecule has 0 amide bonds. The molecule has 100 valence electrons. The van der Waals surface area contributed by atoms with Gasteiger partial charge in [0.05, 0.1) is 4.90 Å². The molecule has 0 aliphatic rings. The molecule has 4 N–H and O–H groups in total. The minimum absolute atomic E-state index is 0.127. The molecule has 0 atom stereocenters. The summed E-state index contributed by atoms with van der Waals surface area (Å²) in [6.45, 7) is 7.30. The summed E-state index contributed by atoms with van der Waals surface area (Å²) in [6, 6.07) is 1.96. The van der Waals surface area contributed by atoms with E-state index in [0.717, 1.165) is 22.3 Å². The fourth-order valence-corrected chi connectivity index (χ4v) is 3.34. The first kappa shape index (κ1) is 14.9. The molecule has 0 saturated heterocycles. The minimum Gasteiger partial charge on any atom is -0.375 e. The van der Waals surface area contributed by atoms with E-state index >= 15 is 0 Å². The Labute approximate surface area is 113 Å². The normalized spacial score (nSPS) is 11.3. The van der Waals surface area contributed by atoms with Gasteiger partial charge in [-0.25, -0.2) is 8.42 Å². The predicted molar refractivity (Wildman–Crippen MR) is 75.6 cm³/mol. The van der Waals surface area contributed by atoms with Crippen LogP contribution in [0.2, 0.25) is 0 Å². The SMILES string of the molecule is Cc1cc(C)c(C)c(S(=O)(=O)NNC(N)=S)c1C. The van der Waals surface area contributed by atoms with E-state index in [1.54, 1.807) is 13.8 Å². The van der Waals surface area contributed by atoms with E-state index in [9.17, 15) is 8.42 Å². The van der Waals surface area contributed by atoms with Crippen LogP contribution in [0.5, 0.6) is 0 Å². The first-order valence-electron chi connectivity index (χ1n) is 5.31. The molecule has 0 spiro atoms. The quantitative estimate of drug-likeness (QED) is 0.569. The molecule has 0 radical (unpaired) electrons. The third-order valence-corrected chi connectivity index (χ3v) is 4.50. The van der Waals surface area contributed by atoms with Crippen molar-refractivity contribution in [3.05, 3.63) is 28.3 Å². The molecule has 1 rings (SSSR count). The molecule has 1 aromatic rings. The monoisotopic (exact) mass is 287 g/mol. The van der Waals surface area contributed by atoms with Crippen molar-refractivity contribution in [2.75, 3.05) is 0 Å². The van der Waals surface area contributed by atoms with Crippen molar-refractivity contribution in [1.82, 2.24) is 10.3 Å². The van der Waals surface area contributed by atoms with Gasteiger partial charge in [-0.15, -0.1) is 4.83 Å². The van der Waals surface area contributed by atoms with Crippen molar-refractivity contribution in [2.45, 2.75) is 32.6 Å². The van der Waals surface area contributed by atoms with E-state index in [0.29, 0.717) is 0 Å². The second-order valence-electron chi connectivity index (χ2n) is 4.18. The van der Waals surface area contributed by atoms with E-state index in [1.165, 1.54) is 0 Å². The topological polar surface area (TPSA) is 84.2 Å². The number of rotatable bonds is 3. The summed E-state index contributed by atoms with van der Waals surface area (Å²) in [6.07, 6.45) is 0. The number of sulfonamides is 1. The number of aryl methyl sites for hydroxylation is 2. The Balaban J connectivity index is 3.36. The zero-order valence-corrected chi connectivity index (χ0v) is 12.4. The minimum atomic E-state index is -3.69. The van der Waals surface area contributed by atoms with Gasteiger partial charge in [0.1, 0.15) is 0 Å². The van der Waals surface area contributed by atoms with Crippen LogP contribution in [0.3, 0.4) is 0 Å². The van der Waals surface area contributed by atoms with Gasteiger partial charge < -0.3 is 5.73 Å². The lowest BCUT2D eigenvalue weighted by Gasteiger charge is -2.16. The zero-order chi connectivity index (χ0) is 14.1. The molecule has 7 heteroatoms. The number of nitrogens with two attached hydrogens (primary N) is 1. The van der Waals surface area contributed by atoms with E-state index in [-0.39, 0.29) is 10.0 Å². The van der Waals surface area contributed by atoms with Crippen LogP contribution in [-0.2, 0) is 10.0 Å². The second-order valence-corrected chi connectivity index (χ2v) is 6.24. The van der Waals surface area contributed by atoms with Crippen LogP contribution in [0.25, 0.3) is 0 Å². The summed E-state index contributed by atoms with van der Waals surface area (Å²) in [7, 11) is -3.69. The van der Waals surface area contributed by atoms with Gasteiger partial charge in [0.2, 0.25) is 0 Å². The molecular formula is C11H17N3O2S2. The van der Waals surface area contributed by atoms with E-state index in [4.69, 9.17) is 5.73 Å². The van der Waals surface area contributed by atoms with Crippen molar-refractivity contribution >= 4 is 27.4 Å². The highest BCUT2D eigenvalue weighted by atomic mass is 32.2. The molecule has 1 aromatic carbocycles. The van der Waals surface area contributed by atoms with Gasteiger partial charge >= 0.3 is 0 Å². The maximum absolute atomic E-state index is 12.2. The van der Waals surface area contributed by atoms with Crippen molar-refractivity contribution < 1.29 is 8.42 Å². The lowest BCUT2D eigenvalue weighted by molar-refractivity contribution is 0.576. The van der Waals surface area contributed by atoms with Gasteiger partial charge in [0.15, 0.2) is 5.11 Å². The summed E-state index contributed by atoms with van der Waals surface area (Å²) in [5.74, 6) is 0. The van der Waals surface area contributed by atoms with Crippen LogP contribution >= 0.6 is 12.2 Å². The molecule has 0 aliphatic carbocycles. The molecule has 0 heterocycles. The molecule has 0 unspecified atom stereocenters. The van der Waals surface area contributed by atoms with Gasteiger partial charge in [0, 0.05) is 0 Å². The molecular weight excluding hydrogens is 270 g/mol. The number of benzene rings is 1. The lowest BCUT2D eigenvalue weighted by atomic mass is 10.0. The van der Waals surface area contributed by atoms with Crippen LogP contribution in [0.1, 0.15) is 22.3 Å². The summed E-state index contributed by atoms with van der Waals surface area (Å²) in [4.78, 5) is 2.43. The molecule has 0 aliphatic heterocycles. The Morgan fingerprint density at radius 2 is 1.61 bits per heavy atom. The number of hydrogen-bond donors (Lipinski definition) is 3. The van der Waals surface area contributed by atoms with Crippen molar-refractivity contribution in [3.8, 4) is 0 Å². The highest BCUT2D eigenvalue weighted by molar-refractivity contribution is 7.89. The highest BCUT2D eigenvalue weighted by Gasteiger charge is 2.21. The molecule has 5 nitrogen and oxygen atoms in total. The smallest absolute Gasteiger partial charge is 0.257 e. The second kappa shape index (κ2) is 5.21. The molecule has 0 aromatic heterocycles. The Morgan fingerprint density at radius 3 is 2.00 bits per heavy atom. The maximum Gasteiger partial charge on any atom is 0.257 e. The van der Waals surface area contributed by atoms with E-state index in [2.05, 4.69) is 22.5 Å². The van der Waals surface area contributed by atoms with Gasteiger partial charge in [0.25, 0.3) is 10.0 Å². The largest absolute Gasteiger partial charge is 0.375 e. The average Bonchev–Trinajstić information content (AvgIpc) is 2.24. The first-order valence-corrected chi connectivity index (χ1v) is 7.20. The Morgan fingerprint density at radius 1 is 1.17 bits per heavy atom. The number of hydrogen-bond acceptors (Lipinski definition) is 3. The summed E-state index contributed by atoms with van der Waals surface area (Å²) < 4.78 is 24.4. The van der Waals surface area contributed by atoms with Gasteiger partial charge in [-0.1, -0.05) is 6.07 Å². The fourth-order valence-electron chi connectivity index (χ4n) is 1.75. The summed E-state index contributed by atoms with van der Waals surface area (Å²) in [5, 5.41) is -0.127. The fraction of sp³-hybridized carbons (Fsp3) is 0.364. The van der Waals surface area contributed by atoms with Gasteiger partial charge in [-0.3, -0.25) is 5.43 Å². The average molecular weight is 287 g/mol. The molecule has 0 bridgehead atoms. The van der Waals surface area contributed by atoms with Crippen molar-refractivity contribution in [1.29, 1.82) is 0 Å². The number of nitrogens with one attached hydrogen (secondary N) is 2. The van der Waals surface area contributed by atoms with E-state index < -0.39 is 10.0 Å². The Bertz CT molecular complexity index is 569. The Hall–Kier alpha value is -1.18.